The maximum atomic E-state index is 5.71. The minimum atomic E-state index is 0. The fourth-order valence-electron chi connectivity index (χ4n) is 2.39. The van der Waals surface area contributed by atoms with E-state index in [-0.39, 0.29) is 24.0 Å². The molecule has 0 aliphatic heterocycles. The Bertz CT molecular complexity index is 674. The van der Waals surface area contributed by atoms with Crippen molar-refractivity contribution in [3.05, 3.63) is 51.7 Å². The maximum absolute atomic E-state index is 5.71. The molecule has 1 heterocycles. The number of guanidine groups is 1. The number of methoxy groups -OCH3 is 1. The summed E-state index contributed by atoms with van der Waals surface area (Å²) in [7, 11) is 3.46. The molecule has 0 aliphatic rings. The molecular formula is C20H30IN3O2S. The fraction of sp³-hybridized carbons (Fsp3) is 0.450. The number of nitrogens with zero attached hydrogens (tertiary/aromatic N) is 1. The van der Waals surface area contributed by atoms with Crippen LogP contribution in [-0.4, -0.2) is 33.3 Å². The molecule has 150 valence electrons. The standard InChI is InChI=1S/C20H29N3O2S.HI/c1-4-18-10-11-19(26-18)14-23-20(21-2)22-12-5-13-25-15-16-6-8-17(24-3)9-7-16;/h6-11H,4-5,12-15H2,1-3H3,(H2,21,22,23);1H. The highest BCUT2D eigenvalue weighted by atomic mass is 127. The Morgan fingerprint density at radius 1 is 1.07 bits per heavy atom. The number of aryl methyl sites for hydroxylation is 1. The van der Waals surface area contributed by atoms with Gasteiger partial charge < -0.3 is 20.1 Å². The van der Waals surface area contributed by atoms with Gasteiger partial charge in [-0.3, -0.25) is 4.99 Å². The van der Waals surface area contributed by atoms with Gasteiger partial charge >= 0.3 is 0 Å². The van der Waals surface area contributed by atoms with Gasteiger partial charge in [0.15, 0.2) is 5.96 Å². The minimum Gasteiger partial charge on any atom is -0.497 e. The molecule has 0 saturated heterocycles. The lowest BCUT2D eigenvalue weighted by molar-refractivity contribution is 0.119. The van der Waals surface area contributed by atoms with Crippen molar-refractivity contribution in [1.82, 2.24) is 10.6 Å². The lowest BCUT2D eigenvalue weighted by atomic mass is 10.2. The van der Waals surface area contributed by atoms with E-state index in [1.54, 1.807) is 14.2 Å². The summed E-state index contributed by atoms with van der Waals surface area (Å²) in [6.45, 7) is 5.14. The Balaban J connectivity index is 0.00000364. The van der Waals surface area contributed by atoms with E-state index >= 15 is 0 Å². The molecule has 7 heteroatoms. The maximum Gasteiger partial charge on any atom is 0.191 e. The molecule has 0 spiro atoms. The Kier molecular flexibility index (Phi) is 12.1. The molecule has 2 aromatic rings. The van der Waals surface area contributed by atoms with Gasteiger partial charge in [-0.2, -0.15) is 0 Å². The predicted molar refractivity (Wildman–Crippen MR) is 125 cm³/mol. The lowest BCUT2D eigenvalue weighted by Gasteiger charge is -2.11. The summed E-state index contributed by atoms with van der Waals surface area (Å²) in [5.74, 6) is 1.69. The average molecular weight is 503 g/mol. The van der Waals surface area contributed by atoms with E-state index in [0.717, 1.165) is 43.2 Å². The van der Waals surface area contributed by atoms with E-state index in [1.807, 2.05) is 35.6 Å². The molecule has 1 aromatic heterocycles. The second-order valence-corrected chi connectivity index (χ2v) is 7.08. The Morgan fingerprint density at radius 2 is 1.81 bits per heavy atom. The van der Waals surface area contributed by atoms with Crippen LogP contribution in [0.3, 0.4) is 0 Å². The number of rotatable bonds is 10. The van der Waals surface area contributed by atoms with Crippen molar-refractivity contribution >= 4 is 41.3 Å². The third-order valence-corrected chi connectivity index (χ3v) is 5.13. The van der Waals surface area contributed by atoms with E-state index in [9.17, 15) is 0 Å². The van der Waals surface area contributed by atoms with Crippen LogP contribution < -0.4 is 15.4 Å². The lowest BCUT2D eigenvalue weighted by Crippen LogP contribution is -2.37. The molecule has 27 heavy (non-hydrogen) atoms. The zero-order chi connectivity index (χ0) is 18.6. The van der Waals surface area contributed by atoms with E-state index in [1.165, 1.54) is 9.75 Å². The molecule has 0 radical (unpaired) electrons. The van der Waals surface area contributed by atoms with Crippen LogP contribution in [0, 0.1) is 0 Å². The minimum absolute atomic E-state index is 0. The highest BCUT2D eigenvalue weighted by Crippen LogP contribution is 2.16. The molecule has 0 saturated carbocycles. The van der Waals surface area contributed by atoms with E-state index in [2.05, 4.69) is 34.7 Å². The SMILES string of the molecule is CCc1ccc(CNC(=NC)NCCCOCc2ccc(OC)cc2)s1.I. The van der Waals surface area contributed by atoms with Crippen LogP contribution in [0.5, 0.6) is 5.75 Å². The van der Waals surface area contributed by atoms with Crippen molar-refractivity contribution in [2.24, 2.45) is 4.99 Å². The summed E-state index contributed by atoms with van der Waals surface area (Å²) in [6.07, 6.45) is 2.02. The van der Waals surface area contributed by atoms with Crippen molar-refractivity contribution in [2.45, 2.75) is 32.9 Å². The van der Waals surface area contributed by atoms with Crippen LogP contribution in [0.4, 0.5) is 0 Å². The highest BCUT2D eigenvalue weighted by Gasteiger charge is 2.01. The summed E-state index contributed by atoms with van der Waals surface area (Å²) >= 11 is 1.85. The van der Waals surface area contributed by atoms with Gasteiger partial charge in [-0.1, -0.05) is 19.1 Å². The third-order valence-electron chi connectivity index (χ3n) is 3.91. The van der Waals surface area contributed by atoms with Crippen LogP contribution in [0.15, 0.2) is 41.4 Å². The summed E-state index contributed by atoms with van der Waals surface area (Å²) in [5.41, 5.74) is 1.15. The Hall–Kier alpha value is -1.32. The molecule has 0 unspecified atom stereocenters. The third kappa shape index (κ3) is 8.94. The topological polar surface area (TPSA) is 54.9 Å². The summed E-state index contributed by atoms with van der Waals surface area (Å²) in [4.78, 5) is 7.00. The van der Waals surface area contributed by atoms with E-state index in [4.69, 9.17) is 9.47 Å². The molecular weight excluding hydrogens is 473 g/mol. The number of hydrogen-bond donors (Lipinski definition) is 2. The number of nitrogens with one attached hydrogen (secondary N) is 2. The summed E-state index contributed by atoms with van der Waals surface area (Å²) < 4.78 is 10.9. The molecule has 2 N–H and O–H groups in total. The monoisotopic (exact) mass is 503 g/mol. The van der Waals surface area contributed by atoms with Crippen LogP contribution in [0.1, 0.15) is 28.7 Å². The molecule has 0 bridgehead atoms. The summed E-state index contributed by atoms with van der Waals surface area (Å²) in [5, 5.41) is 6.67. The molecule has 2 rings (SSSR count). The van der Waals surface area contributed by atoms with Gasteiger partial charge in [0.2, 0.25) is 0 Å². The number of benzene rings is 1. The van der Waals surface area contributed by atoms with Crippen LogP contribution in [0.2, 0.25) is 0 Å². The highest BCUT2D eigenvalue weighted by molar-refractivity contribution is 14.0. The van der Waals surface area contributed by atoms with Gasteiger partial charge in [-0.05, 0) is 42.7 Å². The zero-order valence-corrected chi connectivity index (χ0v) is 19.4. The molecule has 0 atom stereocenters. The Morgan fingerprint density at radius 3 is 2.44 bits per heavy atom. The van der Waals surface area contributed by atoms with Gasteiger partial charge in [-0.15, -0.1) is 35.3 Å². The van der Waals surface area contributed by atoms with Gasteiger partial charge in [-0.25, -0.2) is 0 Å². The number of ether oxygens (including phenoxy) is 2. The second kappa shape index (κ2) is 13.8. The zero-order valence-electron chi connectivity index (χ0n) is 16.3. The van der Waals surface area contributed by atoms with Crippen molar-refractivity contribution < 1.29 is 9.47 Å². The number of halogens is 1. The van der Waals surface area contributed by atoms with E-state index < -0.39 is 0 Å². The Labute approximate surface area is 183 Å². The molecule has 5 nitrogen and oxygen atoms in total. The van der Waals surface area contributed by atoms with Crippen LogP contribution >= 0.6 is 35.3 Å². The molecule has 0 fully saturated rings. The summed E-state index contributed by atoms with van der Waals surface area (Å²) in [6, 6.07) is 12.3. The second-order valence-electron chi connectivity index (χ2n) is 5.83. The number of aliphatic imine (C=N–C) groups is 1. The largest absolute Gasteiger partial charge is 0.497 e. The fourth-order valence-corrected chi connectivity index (χ4v) is 3.29. The van der Waals surface area contributed by atoms with Crippen molar-refractivity contribution in [1.29, 1.82) is 0 Å². The first-order valence-electron chi connectivity index (χ1n) is 8.98. The van der Waals surface area contributed by atoms with Crippen molar-refractivity contribution in [3.63, 3.8) is 0 Å². The van der Waals surface area contributed by atoms with E-state index in [0.29, 0.717) is 13.2 Å². The molecule has 0 amide bonds. The first kappa shape index (κ1) is 23.7. The van der Waals surface area contributed by atoms with Crippen LogP contribution in [0.25, 0.3) is 0 Å². The normalized spacial score (nSPS) is 11.0. The number of thiophene rings is 1. The van der Waals surface area contributed by atoms with Gasteiger partial charge in [0.05, 0.1) is 20.3 Å². The quantitative estimate of drug-likeness (QED) is 0.221. The van der Waals surface area contributed by atoms with Gasteiger partial charge in [0.25, 0.3) is 0 Å². The van der Waals surface area contributed by atoms with Gasteiger partial charge in [0, 0.05) is 30.0 Å². The predicted octanol–water partition coefficient (Wildman–Crippen LogP) is 4.21. The van der Waals surface area contributed by atoms with Crippen LogP contribution in [-0.2, 0) is 24.3 Å². The first-order valence-corrected chi connectivity index (χ1v) is 9.79. The van der Waals surface area contributed by atoms with Crippen molar-refractivity contribution in [2.75, 3.05) is 27.3 Å². The molecule has 0 aliphatic carbocycles. The smallest absolute Gasteiger partial charge is 0.191 e. The molecule has 1 aromatic carbocycles. The van der Waals surface area contributed by atoms with Gasteiger partial charge in [0.1, 0.15) is 5.75 Å². The van der Waals surface area contributed by atoms with Crippen molar-refractivity contribution in [3.8, 4) is 5.75 Å². The first-order chi connectivity index (χ1) is 12.7. The average Bonchev–Trinajstić information content (AvgIpc) is 3.15. The number of hydrogen-bond acceptors (Lipinski definition) is 4.